The van der Waals surface area contributed by atoms with Gasteiger partial charge in [-0.05, 0) is 44.0 Å². The van der Waals surface area contributed by atoms with E-state index < -0.39 is 0 Å². The highest BCUT2D eigenvalue weighted by molar-refractivity contribution is 9.13. The van der Waals surface area contributed by atoms with Gasteiger partial charge in [-0.3, -0.25) is 4.79 Å². The summed E-state index contributed by atoms with van der Waals surface area (Å²) in [6, 6.07) is 9.61. The van der Waals surface area contributed by atoms with Crippen molar-refractivity contribution >= 4 is 31.9 Å². The minimum Gasteiger partial charge on any atom is -0.266 e. The van der Waals surface area contributed by atoms with E-state index in [0.29, 0.717) is 8.95 Å². The zero-order valence-corrected chi connectivity index (χ0v) is 12.4. The van der Waals surface area contributed by atoms with Crippen LogP contribution in [0.2, 0.25) is 0 Å². The summed E-state index contributed by atoms with van der Waals surface area (Å²) in [7, 11) is 0. The molecule has 18 heavy (non-hydrogen) atoms. The van der Waals surface area contributed by atoms with Crippen LogP contribution in [0.15, 0.2) is 50.3 Å². The molecule has 2 aromatic rings. The topological polar surface area (TPSA) is 34.9 Å². The molecule has 0 aliphatic rings. The molecule has 0 N–H and O–H groups in total. The van der Waals surface area contributed by atoms with Gasteiger partial charge in [0.2, 0.25) is 0 Å². The highest BCUT2D eigenvalue weighted by atomic mass is 79.9. The molecular formula is C13H8Br2N2O. The zero-order chi connectivity index (χ0) is 13.0. The van der Waals surface area contributed by atoms with E-state index in [1.54, 1.807) is 6.20 Å². The van der Waals surface area contributed by atoms with Crippen LogP contribution in [0.5, 0.6) is 0 Å². The molecule has 1 aromatic heterocycles. The summed E-state index contributed by atoms with van der Waals surface area (Å²) in [6.45, 7) is 0.263. The summed E-state index contributed by atoms with van der Waals surface area (Å²) in [4.78, 5) is 11.8. The Hall–Kier alpha value is -1.38. The van der Waals surface area contributed by atoms with Crippen molar-refractivity contribution in [3.63, 3.8) is 0 Å². The van der Waals surface area contributed by atoms with Crippen LogP contribution in [0.25, 0.3) is 0 Å². The molecule has 0 unspecified atom stereocenters. The number of benzene rings is 1. The smallest absolute Gasteiger partial charge is 0.266 e. The molecule has 0 saturated heterocycles. The standard InChI is InChI=1S/C13H8Br2N2O/c14-11-9-16-17(13(18)12(11)15)8-4-7-10-5-2-1-3-6-10/h1-3,5-6,9H,8H2. The van der Waals surface area contributed by atoms with Crippen molar-refractivity contribution in [1.82, 2.24) is 9.78 Å². The molecule has 2 rings (SSSR count). The monoisotopic (exact) mass is 366 g/mol. The van der Waals surface area contributed by atoms with Crippen LogP contribution < -0.4 is 5.56 Å². The molecule has 3 nitrogen and oxygen atoms in total. The fraction of sp³-hybridized carbons (Fsp3) is 0.0769. The summed E-state index contributed by atoms with van der Waals surface area (Å²) in [5.74, 6) is 5.90. The van der Waals surface area contributed by atoms with Gasteiger partial charge < -0.3 is 0 Å². The number of hydrogen-bond acceptors (Lipinski definition) is 2. The first-order valence-electron chi connectivity index (χ1n) is 5.13. The molecule has 0 amide bonds. The minimum atomic E-state index is -0.202. The number of rotatable bonds is 1. The first-order chi connectivity index (χ1) is 8.68. The Morgan fingerprint density at radius 1 is 1.22 bits per heavy atom. The van der Waals surface area contributed by atoms with Gasteiger partial charge in [0.25, 0.3) is 5.56 Å². The first kappa shape index (κ1) is 13.1. The molecule has 5 heteroatoms. The lowest BCUT2D eigenvalue weighted by Crippen LogP contribution is -2.23. The SMILES string of the molecule is O=c1c(Br)c(Br)cnn1CC#Cc1ccccc1. The van der Waals surface area contributed by atoms with Gasteiger partial charge in [-0.1, -0.05) is 30.0 Å². The van der Waals surface area contributed by atoms with Gasteiger partial charge in [0, 0.05) is 5.56 Å². The van der Waals surface area contributed by atoms with E-state index >= 15 is 0 Å². The number of aromatic nitrogens is 2. The zero-order valence-electron chi connectivity index (χ0n) is 9.23. The highest BCUT2D eigenvalue weighted by Crippen LogP contribution is 2.16. The van der Waals surface area contributed by atoms with Crippen molar-refractivity contribution in [1.29, 1.82) is 0 Å². The Labute approximate surface area is 121 Å². The van der Waals surface area contributed by atoms with Crippen molar-refractivity contribution in [3.05, 3.63) is 61.4 Å². The van der Waals surface area contributed by atoms with Crippen molar-refractivity contribution in [2.45, 2.75) is 6.54 Å². The van der Waals surface area contributed by atoms with Crippen molar-refractivity contribution in [3.8, 4) is 11.8 Å². The fourth-order valence-corrected chi connectivity index (χ4v) is 1.86. The summed E-state index contributed by atoms with van der Waals surface area (Å²) in [5.41, 5.74) is 0.716. The molecule has 0 fully saturated rings. The maximum absolute atomic E-state index is 11.8. The van der Waals surface area contributed by atoms with Crippen molar-refractivity contribution < 1.29 is 0 Å². The second-order valence-electron chi connectivity index (χ2n) is 3.44. The summed E-state index contributed by atoms with van der Waals surface area (Å²) >= 11 is 6.42. The van der Waals surface area contributed by atoms with Crippen LogP contribution in [0.4, 0.5) is 0 Å². The van der Waals surface area contributed by atoms with E-state index in [-0.39, 0.29) is 12.1 Å². The van der Waals surface area contributed by atoms with Gasteiger partial charge in [-0.25, -0.2) is 4.68 Å². The van der Waals surface area contributed by atoms with E-state index in [4.69, 9.17) is 0 Å². The Morgan fingerprint density at radius 3 is 2.67 bits per heavy atom. The largest absolute Gasteiger partial charge is 0.283 e. The molecule has 0 bridgehead atoms. The molecule has 1 heterocycles. The molecule has 0 aliphatic carbocycles. The highest BCUT2D eigenvalue weighted by Gasteiger charge is 2.04. The molecular weight excluding hydrogens is 360 g/mol. The van der Waals surface area contributed by atoms with Crippen molar-refractivity contribution in [2.24, 2.45) is 0 Å². The third-order valence-corrected chi connectivity index (χ3v) is 4.08. The van der Waals surface area contributed by atoms with Crippen LogP contribution in [0.1, 0.15) is 5.56 Å². The van der Waals surface area contributed by atoms with Crippen LogP contribution in [-0.2, 0) is 6.54 Å². The third-order valence-electron chi connectivity index (χ3n) is 2.18. The first-order valence-corrected chi connectivity index (χ1v) is 6.72. The molecule has 90 valence electrons. The average molecular weight is 368 g/mol. The lowest BCUT2D eigenvalue weighted by atomic mass is 10.2. The summed E-state index contributed by atoms with van der Waals surface area (Å²) in [6.07, 6.45) is 1.57. The van der Waals surface area contributed by atoms with Crippen LogP contribution in [-0.4, -0.2) is 9.78 Å². The third kappa shape index (κ3) is 3.09. The van der Waals surface area contributed by atoms with Crippen LogP contribution >= 0.6 is 31.9 Å². The van der Waals surface area contributed by atoms with Gasteiger partial charge in [0.1, 0.15) is 11.0 Å². The number of nitrogens with zero attached hydrogens (tertiary/aromatic N) is 2. The van der Waals surface area contributed by atoms with Gasteiger partial charge in [-0.15, -0.1) is 0 Å². The molecule has 1 aromatic carbocycles. The summed E-state index contributed by atoms with van der Waals surface area (Å²) in [5, 5.41) is 3.99. The van der Waals surface area contributed by atoms with Gasteiger partial charge >= 0.3 is 0 Å². The molecule has 0 saturated carbocycles. The quantitative estimate of drug-likeness (QED) is 0.726. The van der Waals surface area contributed by atoms with Crippen LogP contribution in [0, 0.1) is 11.8 Å². The van der Waals surface area contributed by atoms with Gasteiger partial charge in [0.15, 0.2) is 0 Å². The van der Waals surface area contributed by atoms with Crippen molar-refractivity contribution in [2.75, 3.05) is 0 Å². The van der Waals surface area contributed by atoms with E-state index in [1.165, 1.54) is 4.68 Å². The molecule has 0 atom stereocenters. The predicted molar refractivity (Wildman–Crippen MR) is 77.2 cm³/mol. The Kier molecular flexibility index (Phi) is 4.34. The predicted octanol–water partition coefficient (Wildman–Crippen LogP) is 2.82. The van der Waals surface area contributed by atoms with E-state index in [1.807, 2.05) is 30.3 Å². The normalized spacial score (nSPS) is 9.67. The summed E-state index contributed by atoms with van der Waals surface area (Å²) < 4.78 is 2.41. The fourth-order valence-electron chi connectivity index (χ4n) is 1.30. The lowest BCUT2D eigenvalue weighted by Gasteiger charge is -2.00. The minimum absolute atomic E-state index is 0.202. The maximum Gasteiger partial charge on any atom is 0.283 e. The van der Waals surface area contributed by atoms with E-state index in [2.05, 4.69) is 48.8 Å². The Bertz CT molecular complexity index is 669. The second kappa shape index (κ2) is 5.98. The molecule has 0 spiro atoms. The lowest BCUT2D eigenvalue weighted by molar-refractivity contribution is 0.656. The Balaban J connectivity index is 2.20. The van der Waals surface area contributed by atoms with Gasteiger partial charge in [-0.2, -0.15) is 5.10 Å². The molecule has 0 aliphatic heterocycles. The number of hydrogen-bond donors (Lipinski definition) is 0. The molecule has 0 radical (unpaired) electrons. The number of halogens is 2. The van der Waals surface area contributed by atoms with Gasteiger partial charge in [0.05, 0.1) is 10.7 Å². The van der Waals surface area contributed by atoms with E-state index in [0.717, 1.165) is 5.56 Å². The average Bonchev–Trinajstić information content (AvgIpc) is 2.40. The Morgan fingerprint density at radius 2 is 1.94 bits per heavy atom. The second-order valence-corrected chi connectivity index (χ2v) is 5.08. The maximum atomic E-state index is 11.8. The van der Waals surface area contributed by atoms with E-state index in [9.17, 15) is 4.79 Å². The van der Waals surface area contributed by atoms with Crippen LogP contribution in [0.3, 0.4) is 0 Å².